The van der Waals surface area contributed by atoms with Gasteiger partial charge in [-0.05, 0) is 22.0 Å². The molecule has 15 heavy (non-hydrogen) atoms. The highest BCUT2D eigenvalue weighted by atomic mass is 79.9. The molecule has 0 saturated carbocycles. The molecule has 3 nitrogen and oxygen atoms in total. The van der Waals surface area contributed by atoms with Crippen molar-refractivity contribution in [2.45, 2.75) is 6.04 Å². The Balaban J connectivity index is 2.81. The topological polar surface area (TPSA) is 38.3 Å². The molecule has 0 amide bonds. The summed E-state index contributed by atoms with van der Waals surface area (Å²) in [5.74, 6) is 2.09. The summed E-state index contributed by atoms with van der Waals surface area (Å²) in [5.41, 5.74) is 0. The van der Waals surface area contributed by atoms with Gasteiger partial charge >= 0.3 is 5.97 Å². The Morgan fingerprint density at radius 3 is 3.07 bits per heavy atom. The van der Waals surface area contributed by atoms with E-state index in [4.69, 9.17) is 11.2 Å². The van der Waals surface area contributed by atoms with E-state index in [2.05, 4.69) is 27.2 Å². The molecule has 0 aliphatic carbocycles. The van der Waals surface area contributed by atoms with E-state index in [9.17, 15) is 4.79 Å². The minimum atomic E-state index is -0.484. The SMILES string of the molecule is C#CCNC(C(=O)OC)c1cc(Br)cs1. The van der Waals surface area contributed by atoms with E-state index in [-0.39, 0.29) is 5.97 Å². The van der Waals surface area contributed by atoms with Crippen LogP contribution in [0.4, 0.5) is 0 Å². The summed E-state index contributed by atoms with van der Waals surface area (Å²) in [6.45, 7) is 0.329. The van der Waals surface area contributed by atoms with Crippen molar-refractivity contribution in [3.05, 3.63) is 20.8 Å². The zero-order valence-electron chi connectivity index (χ0n) is 8.12. The van der Waals surface area contributed by atoms with Crippen molar-refractivity contribution in [2.24, 2.45) is 0 Å². The van der Waals surface area contributed by atoms with Crippen LogP contribution in [-0.2, 0) is 9.53 Å². The molecule has 0 aliphatic heterocycles. The van der Waals surface area contributed by atoms with Crippen LogP contribution in [-0.4, -0.2) is 19.6 Å². The first kappa shape index (κ1) is 12.2. The Labute approximate surface area is 101 Å². The van der Waals surface area contributed by atoms with Crippen molar-refractivity contribution < 1.29 is 9.53 Å². The third-order valence-electron chi connectivity index (χ3n) is 1.72. The number of nitrogens with one attached hydrogen (secondary N) is 1. The van der Waals surface area contributed by atoms with E-state index in [0.29, 0.717) is 6.54 Å². The van der Waals surface area contributed by atoms with Crippen LogP contribution < -0.4 is 5.32 Å². The fourth-order valence-electron chi connectivity index (χ4n) is 1.06. The molecule has 5 heteroatoms. The van der Waals surface area contributed by atoms with Crippen molar-refractivity contribution >= 4 is 33.2 Å². The number of halogens is 1. The largest absolute Gasteiger partial charge is 0.468 e. The summed E-state index contributed by atoms with van der Waals surface area (Å²) >= 11 is 4.80. The third kappa shape index (κ3) is 3.34. The fraction of sp³-hybridized carbons (Fsp3) is 0.300. The highest BCUT2D eigenvalue weighted by Crippen LogP contribution is 2.26. The second kappa shape index (κ2) is 5.91. The molecule has 1 heterocycles. The summed E-state index contributed by atoms with van der Waals surface area (Å²) in [6, 6.07) is 1.39. The Hall–Kier alpha value is -0.830. The smallest absolute Gasteiger partial charge is 0.328 e. The van der Waals surface area contributed by atoms with E-state index < -0.39 is 6.04 Å². The van der Waals surface area contributed by atoms with Gasteiger partial charge in [-0.3, -0.25) is 5.32 Å². The Bertz CT molecular complexity index is 383. The maximum Gasteiger partial charge on any atom is 0.328 e. The van der Waals surface area contributed by atoms with Gasteiger partial charge in [0.15, 0.2) is 0 Å². The molecular formula is C10H10BrNO2S. The number of rotatable bonds is 4. The molecule has 1 aromatic rings. The Morgan fingerprint density at radius 2 is 2.60 bits per heavy atom. The van der Waals surface area contributed by atoms with Crippen LogP contribution in [0.15, 0.2) is 15.9 Å². The number of methoxy groups -OCH3 is 1. The second-order valence-corrected chi connectivity index (χ2v) is 4.57. The van der Waals surface area contributed by atoms with Gasteiger partial charge in [-0.15, -0.1) is 17.8 Å². The zero-order valence-corrected chi connectivity index (χ0v) is 10.5. The molecule has 0 aromatic carbocycles. The summed E-state index contributed by atoms with van der Waals surface area (Å²) in [5, 5.41) is 4.83. The van der Waals surface area contributed by atoms with Gasteiger partial charge in [-0.2, -0.15) is 0 Å². The zero-order chi connectivity index (χ0) is 11.3. The molecule has 1 aromatic heterocycles. The monoisotopic (exact) mass is 287 g/mol. The predicted molar refractivity (Wildman–Crippen MR) is 63.6 cm³/mol. The molecule has 1 rings (SSSR count). The van der Waals surface area contributed by atoms with Gasteiger partial charge in [0.25, 0.3) is 0 Å². The second-order valence-electron chi connectivity index (χ2n) is 2.71. The molecule has 0 fully saturated rings. The van der Waals surface area contributed by atoms with Crippen molar-refractivity contribution in [3.63, 3.8) is 0 Å². The first-order valence-corrected chi connectivity index (χ1v) is 5.85. The number of carbonyl (C=O) groups excluding carboxylic acids is 1. The molecule has 0 bridgehead atoms. The van der Waals surface area contributed by atoms with Crippen LogP contribution in [0, 0.1) is 12.3 Å². The molecule has 1 atom stereocenters. The van der Waals surface area contributed by atoms with Crippen LogP contribution in [0.3, 0.4) is 0 Å². The first-order chi connectivity index (χ1) is 7.19. The Morgan fingerprint density at radius 1 is 1.87 bits per heavy atom. The molecular weight excluding hydrogens is 278 g/mol. The number of hydrogen-bond donors (Lipinski definition) is 1. The number of ether oxygens (including phenoxy) is 1. The maximum atomic E-state index is 11.5. The number of carbonyl (C=O) groups is 1. The van der Waals surface area contributed by atoms with Crippen molar-refractivity contribution in [1.82, 2.24) is 5.32 Å². The van der Waals surface area contributed by atoms with Crippen LogP contribution >= 0.6 is 27.3 Å². The molecule has 0 radical (unpaired) electrons. The standard InChI is InChI=1S/C10H10BrNO2S/c1-3-4-12-9(10(13)14-2)8-5-7(11)6-15-8/h1,5-6,9,12H,4H2,2H3. The van der Waals surface area contributed by atoms with Gasteiger partial charge in [-0.1, -0.05) is 5.92 Å². The minimum absolute atomic E-state index is 0.329. The molecule has 1 N–H and O–H groups in total. The van der Waals surface area contributed by atoms with Crippen molar-refractivity contribution in [3.8, 4) is 12.3 Å². The molecule has 1 unspecified atom stereocenters. The molecule has 0 aliphatic rings. The normalized spacial score (nSPS) is 11.8. The Kier molecular flexibility index (Phi) is 4.82. The van der Waals surface area contributed by atoms with Crippen LogP contribution in [0.5, 0.6) is 0 Å². The lowest BCUT2D eigenvalue weighted by Gasteiger charge is -2.12. The van der Waals surface area contributed by atoms with Crippen molar-refractivity contribution in [2.75, 3.05) is 13.7 Å². The van der Waals surface area contributed by atoms with Gasteiger partial charge in [0.1, 0.15) is 6.04 Å². The van der Waals surface area contributed by atoms with E-state index >= 15 is 0 Å². The highest BCUT2D eigenvalue weighted by molar-refractivity contribution is 9.10. The fourth-order valence-corrected chi connectivity index (χ4v) is 2.56. The van der Waals surface area contributed by atoms with Crippen LogP contribution in [0.25, 0.3) is 0 Å². The summed E-state index contributed by atoms with van der Waals surface area (Å²) in [7, 11) is 1.36. The lowest BCUT2D eigenvalue weighted by molar-refractivity contribution is -0.143. The average molecular weight is 288 g/mol. The van der Waals surface area contributed by atoms with E-state index in [1.165, 1.54) is 18.4 Å². The van der Waals surface area contributed by atoms with Gasteiger partial charge in [0.05, 0.1) is 13.7 Å². The summed E-state index contributed by atoms with van der Waals surface area (Å²) < 4.78 is 5.64. The number of esters is 1. The summed E-state index contributed by atoms with van der Waals surface area (Å²) in [6.07, 6.45) is 5.13. The minimum Gasteiger partial charge on any atom is -0.468 e. The first-order valence-electron chi connectivity index (χ1n) is 4.17. The quantitative estimate of drug-likeness (QED) is 0.680. The third-order valence-corrected chi connectivity index (χ3v) is 3.48. The van der Waals surface area contributed by atoms with E-state index in [0.717, 1.165) is 9.35 Å². The van der Waals surface area contributed by atoms with E-state index in [1.807, 2.05) is 11.4 Å². The maximum absolute atomic E-state index is 11.5. The summed E-state index contributed by atoms with van der Waals surface area (Å²) in [4.78, 5) is 12.3. The van der Waals surface area contributed by atoms with Gasteiger partial charge < -0.3 is 4.74 Å². The number of hydrogen-bond acceptors (Lipinski definition) is 4. The van der Waals surface area contributed by atoms with Crippen molar-refractivity contribution in [1.29, 1.82) is 0 Å². The van der Waals surface area contributed by atoms with Crippen LogP contribution in [0.2, 0.25) is 0 Å². The van der Waals surface area contributed by atoms with Gasteiger partial charge in [0, 0.05) is 14.7 Å². The molecule has 0 saturated heterocycles. The predicted octanol–water partition coefficient (Wildman–Crippen LogP) is 1.95. The molecule has 0 spiro atoms. The van der Waals surface area contributed by atoms with Gasteiger partial charge in [0.2, 0.25) is 0 Å². The lowest BCUT2D eigenvalue weighted by atomic mass is 10.2. The lowest BCUT2D eigenvalue weighted by Crippen LogP contribution is -2.29. The highest BCUT2D eigenvalue weighted by Gasteiger charge is 2.21. The molecule has 80 valence electrons. The number of thiophene rings is 1. The number of terminal acetylenes is 1. The average Bonchev–Trinajstić information content (AvgIpc) is 2.65. The van der Waals surface area contributed by atoms with Gasteiger partial charge in [-0.25, -0.2) is 4.79 Å². The van der Waals surface area contributed by atoms with E-state index in [1.54, 1.807) is 0 Å². The van der Waals surface area contributed by atoms with Crippen LogP contribution in [0.1, 0.15) is 10.9 Å².